The van der Waals surface area contributed by atoms with E-state index in [0.29, 0.717) is 12.5 Å². The number of nitrogens with zero attached hydrogens (tertiary/aromatic N) is 3. The summed E-state index contributed by atoms with van der Waals surface area (Å²) in [5.41, 5.74) is 0.991. The number of ether oxygens (including phenoxy) is 1. The quantitative estimate of drug-likeness (QED) is 0.836. The van der Waals surface area contributed by atoms with E-state index >= 15 is 0 Å². The summed E-state index contributed by atoms with van der Waals surface area (Å²) in [5, 5.41) is 3.07. The zero-order valence-electron chi connectivity index (χ0n) is 12.2. The lowest BCUT2D eigenvalue weighted by molar-refractivity contribution is 0.110. The standard InChI is InChI=1S/C13H24N4O/c1-7-10-11(14-4)15-9-16-12(10)18-8-13(2,3)17(5)6/h9H,7-8H2,1-6H3,(H,14,15,16). The van der Waals surface area contributed by atoms with E-state index in [1.165, 1.54) is 6.33 Å². The first-order chi connectivity index (χ1) is 8.42. The Morgan fingerprint density at radius 1 is 1.33 bits per heavy atom. The fourth-order valence-corrected chi connectivity index (χ4v) is 1.43. The van der Waals surface area contributed by atoms with Crippen molar-refractivity contribution in [2.45, 2.75) is 32.7 Å². The molecule has 1 aromatic heterocycles. The van der Waals surface area contributed by atoms with Crippen LogP contribution in [0.1, 0.15) is 26.3 Å². The van der Waals surface area contributed by atoms with E-state index in [1.807, 2.05) is 21.1 Å². The molecule has 0 aliphatic rings. The third kappa shape index (κ3) is 3.32. The molecule has 0 atom stereocenters. The Hall–Kier alpha value is -1.36. The van der Waals surface area contributed by atoms with E-state index in [0.717, 1.165) is 17.8 Å². The molecule has 102 valence electrons. The van der Waals surface area contributed by atoms with E-state index in [1.54, 1.807) is 0 Å². The Labute approximate surface area is 110 Å². The molecule has 0 aliphatic heterocycles. The van der Waals surface area contributed by atoms with Crippen LogP contribution in [0.5, 0.6) is 5.88 Å². The Morgan fingerprint density at radius 2 is 2.00 bits per heavy atom. The van der Waals surface area contributed by atoms with E-state index in [2.05, 4.69) is 41.0 Å². The molecule has 1 rings (SSSR count). The highest BCUT2D eigenvalue weighted by Gasteiger charge is 2.22. The van der Waals surface area contributed by atoms with E-state index in [4.69, 9.17) is 4.74 Å². The average Bonchev–Trinajstić information content (AvgIpc) is 2.35. The highest BCUT2D eigenvalue weighted by Crippen LogP contribution is 2.23. The molecule has 0 saturated heterocycles. The second kappa shape index (κ2) is 6.00. The number of hydrogen-bond donors (Lipinski definition) is 1. The van der Waals surface area contributed by atoms with Gasteiger partial charge in [0.25, 0.3) is 0 Å². The predicted octanol–water partition coefficient (Wildman–Crippen LogP) is 1.80. The predicted molar refractivity (Wildman–Crippen MR) is 74.2 cm³/mol. The maximum atomic E-state index is 5.86. The Bertz CT molecular complexity index is 391. The summed E-state index contributed by atoms with van der Waals surface area (Å²) in [6.45, 7) is 6.94. The highest BCUT2D eigenvalue weighted by atomic mass is 16.5. The molecule has 1 N–H and O–H groups in total. The van der Waals surface area contributed by atoms with Crippen molar-refractivity contribution < 1.29 is 4.74 Å². The summed E-state index contributed by atoms with van der Waals surface area (Å²) in [6.07, 6.45) is 2.37. The molecule has 1 heterocycles. The molecule has 0 radical (unpaired) electrons. The second-order valence-corrected chi connectivity index (χ2v) is 5.11. The fourth-order valence-electron chi connectivity index (χ4n) is 1.43. The second-order valence-electron chi connectivity index (χ2n) is 5.11. The molecule has 0 spiro atoms. The Kier molecular flexibility index (Phi) is 4.90. The molecule has 0 fully saturated rings. The summed E-state index contributed by atoms with van der Waals surface area (Å²) in [4.78, 5) is 10.6. The molecule has 18 heavy (non-hydrogen) atoms. The smallest absolute Gasteiger partial charge is 0.221 e. The van der Waals surface area contributed by atoms with Crippen molar-refractivity contribution in [3.63, 3.8) is 0 Å². The molecular weight excluding hydrogens is 228 g/mol. The number of likely N-dealkylation sites (N-methyl/N-ethyl adjacent to an activating group) is 1. The van der Waals surface area contributed by atoms with Crippen LogP contribution in [0.4, 0.5) is 5.82 Å². The van der Waals surface area contributed by atoms with Crippen molar-refractivity contribution in [3.05, 3.63) is 11.9 Å². The maximum absolute atomic E-state index is 5.86. The van der Waals surface area contributed by atoms with E-state index in [-0.39, 0.29) is 5.54 Å². The van der Waals surface area contributed by atoms with Crippen molar-refractivity contribution in [3.8, 4) is 5.88 Å². The molecule has 0 aliphatic carbocycles. The van der Waals surface area contributed by atoms with Crippen molar-refractivity contribution >= 4 is 5.82 Å². The van der Waals surface area contributed by atoms with Crippen molar-refractivity contribution in [1.29, 1.82) is 0 Å². The van der Waals surface area contributed by atoms with Gasteiger partial charge in [0.15, 0.2) is 0 Å². The van der Waals surface area contributed by atoms with Gasteiger partial charge in [-0.2, -0.15) is 0 Å². The summed E-state index contributed by atoms with van der Waals surface area (Å²) in [7, 11) is 5.95. The average molecular weight is 252 g/mol. The minimum atomic E-state index is -0.0320. The number of rotatable bonds is 6. The van der Waals surface area contributed by atoms with Crippen LogP contribution in [0.2, 0.25) is 0 Å². The van der Waals surface area contributed by atoms with E-state index < -0.39 is 0 Å². The molecule has 0 bridgehead atoms. The monoisotopic (exact) mass is 252 g/mol. The largest absolute Gasteiger partial charge is 0.475 e. The van der Waals surface area contributed by atoms with Crippen LogP contribution in [-0.2, 0) is 6.42 Å². The van der Waals surface area contributed by atoms with Crippen LogP contribution in [0.3, 0.4) is 0 Å². The molecule has 0 aromatic carbocycles. The zero-order valence-corrected chi connectivity index (χ0v) is 12.2. The Balaban J connectivity index is 2.85. The molecule has 0 amide bonds. The Morgan fingerprint density at radius 3 is 2.50 bits per heavy atom. The first-order valence-electron chi connectivity index (χ1n) is 6.24. The molecule has 5 nitrogen and oxygen atoms in total. The molecule has 1 aromatic rings. The van der Waals surface area contributed by atoms with Crippen LogP contribution in [0, 0.1) is 0 Å². The number of anilines is 1. The van der Waals surface area contributed by atoms with Gasteiger partial charge in [-0.25, -0.2) is 9.97 Å². The number of nitrogens with one attached hydrogen (secondary N) is 1. The lowest BCUT2D eigenvalue weighted by Crippen LogP contribution is -2.43. The molecule has 0 unspecified atom stereocenters. The first-order valence-corrected chi connectivity index (χ1v) is 6.24. The maximum Gasteiger partial charge on any atom is 0.221 e. The van der Waals surface area contributed by atoms with Gasteiger partial charge >= 0.3 is 0 Å². The van der Waals surface area contributed by atoms with Gasteiger partial charge in [0, 0.05) is 12.6 Å². The fraction of sp³-hybridized carbons (Fsp3) is 0.692. The van der Waals surface area contributed by atoms with Gasteiger partial charge in [0.1, 0.15) is 18.8 Å². The SMILES string of the molecule is CCc1c(NC)ncnc1OCC(C)(C)N(C)C. The molecule has 5 heteroatoms. The van der Waals surface area contributed by atoms with Gasteiger partial charge in [-0.15, -0.1) is 0 Å². The molecule has 0 saturated carbocycles. The summed E-state index contributed by atoms with van der Waals surface area (Å²) in [6, 6.07) is 0. The van der Waals surface area contributed by atoms with Gasteiger partial charge in [0.2, 0.25) is 5.88 Å². The minimum Gasteiger partial charge on any atom is -0.475 e. The molecular formula is C13H24N4O. The number of hydrogen-bond acceptors (Lipinski definition) is 5. The van der Waals surface area contributed by atoms with Crippen LogP contribution >= 0.6 is 0 Å². The summed E-state index contributed by atoms with van der Waals surface area (Å²) in [5.74, 6) is 1.51. The van der Waals surface area contributed by atoms with Gasteiger partial charge in [-0.05, 0) is 34.4 Å². The normalized spacial score (nSPS) is 11.7. The van der Waals surface area contributed by atoms with Crippen molar-refractivity contribution in [2.75, 3.05) is 33.1 Å². The summed E-state index contributed by atoms with van der Waals surface area (Å²) < 4.78 is 5.86. The van der Waals surface area contributed by atoms with Crippen LogP contribution in [0.15, 0.2) is 6.33 Å². The lowest BCUT2D eigenvalue weighted by atomic mass is 10.1. The van der Waals surface area contributed by atoms with Crippen LogP contribution < -0.4 is 10.1 Å². The third-order valence-electron chi connectivity index (χ3n) is 3.27. The van der Waals surface area contributed by atoms with Crippen molar-refractivity contribution in [1.82, 2.24) is 14.9 Å². The van der Waals surface area contributed by atoms with Gasteiger partial charge in [0.05, 0.1) is 5.56 Å². The topological polar surface area (TPSA) is 50.3 Å². The summed E-state index contributed by atoms with van der Waals surface area (Å²) >= 11 is 0. The van der Waals surface area contributed by atoms with Crippen LogP contribution in [-0.4, -0.2) is 48.2 Å². The lowest BCUT2D eigenvalue weighted by Gasteiger charge is -2.32. The number of aromatic nitrogens is 2. The zero-order chi connectivity index (χ0) is 13.8. The van der Waals surface area contributed by atoms with Gasteiger partial charge < -0.3 is 15.0 Å². The third-order valence-corrected chi connectivity index (χ3v) is 3.27. The van der Waals surface area contributed by atoms with Gasteiger partial charge in [-0.3, -0.25) is 0 Å². The minimum absolute atomic E-state index is 0.0320. The first kappa shape index (κ1) is 14.7. The van der Waals surface area contributed by atoms with Crippen LogP contribution in [0.25, 0.3) is 0 Å². The van der Waals surface area contributed by atoms with Crippen molar-refractivity contribution in [2.24, 2.45) is 0 Å². The van der Waals surface area contributed by atoms with Gasteiger partial charge in [-0.1, -0.05) is 6.92 Å². The highest BCUT2D eigenvalue weighted by molar-refractivity contribution is 5.48. The van der Waals surface area contributed by atoms with E-state index in [9.17, 15) is 0 Å².